The number of carboxylic acids is 1. The predicted molar refractivity (Wildman–Crippen MR) is 78.9 cm³/mol. The molecule has 0 saturated heterocycles. The number of hydrogen-bond acceptors (Lipinski definition) is 4. The molecule has 0 saturated carbocycles. The van der Waals surface area contributed by atoms with Crippen LogP contribution in [0.2, 0.25) is 0 Å². The minimum atomic E-state index is -0.804. The second kappa shape index (κ2) is 6.21. The number of carboxylic acid groups (broad SMARTS) is 1. The summed E-state index contributed by atoms with van der Waals surface area (Å²) in [5, 5.41) is 8.82. The Bertz CT molecular complexity index is 593. The third-order valence-electron chi connectivity index (χ3n) is 2.80. The second-order valence-corrected chi connectivity index (χ2v) is 6.58. The molecule has 2 rings (SSSR count). The van der Waals surface area contributed by atoms with Crippen LogP contribution in [0.4, 0.5) is 0 Å². The van der Waals surface area contributed by atoms with Gasteiger partial charge in [-0.2, -0.15) is 0 Å². The summed E-state index contributed by atoms with van der Waals surface area (Å²) in [6.07, 6.45) is 0.0639. The van der Waals surface area contributed by atoms with Crippen LogP contribution in [0.5, 0.6) is 0 Å². The van der Waals surface area contributed by atoms with Gasteiger partial charge in [0.05, 0.1) is 12.1 Å². The SMILES string of the molecule is Cc1ccccc1CSc1nc(C)c(CC(=O)O)s1. The lowest BCUT2D eigenvalue weighted by Crippen LogP contribution is -1.99. The van der Waals surface area contributed by atoms with E-state index in [1.807, 2.05) is 19.1 Å². The Morgan fingerprint density at radius 3 is 2.79 bits per heavy atom. The second-order valence-electron chi connectivity index (χ2n) is 4.27. The molecule has 1 aromatic carbocycles. The quantitative estimate of drug-likeness (QED) is 0.854. The Morgan fingerprint density at radius 1 is 1.37 bits per heavy atom. The molecule has 0 radical (unpaired) electrons. The average Bonchev–Trinajstić information content (AvgIpc) is 2.68. The van der Waals surface area contributed by atoms with Crippen molar-refractivity contribution in [3.05, 3.63) is 46.0 Å². The Hall–Kier alpha value is -1.33. The van der Waals surface area contributed by atoms with Gasteiger partial charge in [-0.25, -0.2) is 4.98 Å². The summed E-state index contributed by atoms with van der Waals surface area (Å²) >= 11 is 3.15. The maximum absolute atomic E-state index is 10.7. The molecule has 0 atom stereocenters. The fourth-order valence-electron chi connectivity index (χ4n) is 1.68. The fraction of sp³-hybridized carbons (Fsp3) is 0.286. The van der Waals surface area contributed by atoms with Crippen LogP contribution >= 0.6 is 23.1 Å². The van der Waals surface area contributed by atoms with Crippen LogP contribution in [-0.4, -0.2) is 16.1 Å². The molecule has 0 unspecified atom stereocenters. The molecule has 0 spiro atoms. The van der Waals surface area contributed by atoms with E-state index in [9.17, 15) is 4.79 Å². The van der Waals surface area contributed by atoms with Crippen LogP contribution in [0.15, 0.2) is 28.6 Å². The van der Waals surface area contributed by atoms with Gasteiger partial charge in [-0.3, -0.25) is 4.79 Å². The first-order chi connectivity index (χ1) is 9.06. The van der Waals surface area contributed by atoms with E-state index in [1.165, 1.54) is 22.5 Å². The van der Waals surface area contributed by atoms with Gasteiger partial charge in [0.15, 0.2) is 4.34 Å². The topological polar surface area (TPSA) is 50.2 Å². The van der Waals surface area contributed by atoms with E-state index in [-0.39, 0.29) is 6.42 Å². The summed E-state index contributed by atoms with van der Waals surface area (Å²) in [7, 11) is 0. The van der Waals surface area contributed by atoms with Gasteiger partial charge in [-0.1, -0.05) is 36.0 Å². The normalized spacial score (nSPS) is 10.6. The highest BCUT2D eigenvalue weighted by molar-refractivity contribution is 8.00. The van der Waals surface area contributed by atoms with Gasteiger partial charge in [0.25, 0.3) is 0 Å². The van der Waals surface area contributed by atoms with E-state index in [0.717, 1.165) is 20.7 Å². The van der Waals surface area contributed by atoms with Crippen molar-refractivity contribution in [2.75, 3.05) is 0 Å². The van der Waals surface area contributed by atoms with Crippen LogP contribution in [0.3, 0.4) is 0 Å². The van der Waals surface area contributed by atoms with E-state index in [2.05, 4.69) is 24.0 Å². The zero-order valence-corrected chi connectivity index (χ0v) is 12.5. The molecule has 2 aromatic rings. The first kappa shape index (κ1) is 14.1. The van der Waals surface area contributed by atoms with Gasteiger partial charge in [0, 0.05) is 10.6 Å². The number of aromatic nitrogens is 1. The van der Waals surface area contributed by atoms with E-state index < -0.39 is 5.97 Å². The van der Waals surface area contributed by atoms with E-state index in [1.54, 1.807) is 11.8 Å². The number of thioether (sulfide) groups is 1. The maximum atomic E-state index is 10.7. The third kappa shape index (κ3) is 3.81. The van der Waals surface area contributed by atoms with Crippen molar-refractivity contribution in [1.82, 2.24) is 4.98 Å². The van der Waals surface area contributed by atoms with E-state index >= 15 is 0 Å². The number of carbonyl (C=O) groups is 1. The van der Waals surface area contributed by atoms with E-state index in [0.29, 0.717) is 0 Å². The Balaban J connectivity index is 2.04. The minimum absolute atomic E-state index is 0.0639. The highest BCUT2D eigenvalue weighted by Gasteiger charge is 2.11. The van der Waals surface area contributed by atoms with Crippen molar-refractivity contribution >= 4 is 29.1 Å². The summed E-state index contributed by atoms with van der Waals surface area (Å²) in [6.45, 7) is 3.96. The lowest BCUT2D eigenvalue weighted by molar-refractivity contribution is -0.136. The highest BCUT2D eigenvalue weighted by Crippen LogP contribution is 2.30. The number of nitrogens with zero attached hydrogens (tertiary/aromatic N) is 1. The molecule has 1 aromatic heterocycles. The van der Waals surface area contributed by atoms with Crippen LogP contribution in [-0.2, 0) is 17.0 Å². The predicted octanol–water partition coefficient (Wildman–Crippen LogP) is 3.68. The molecule has 0 aliphatic rings. The number of aliphatic carboxylic acids is 1. The minimum Gasteiger partial charge on any atom is -0.481 e. The first-order valence-corrected chi connectivity index (χ1v) is 7.72. The zero-order chi connectivity index (χ0) is 13.8. The molecular formula is C14H15NO2S2. The lowest BCUT2D eigenvalue weighted by atomic mass is 10.1. The fourth-order valence-corrected chi connectivity index (χ4v) is 3.98. The zero-order valence-electron chi connectivity index (χ0n) is 10.8. The number of thiazole rings is 1. The Morgan fingerprint density at radius 2 is 2.11 bits per heavy atom. The molecule has 3 nitrogen and oxygen atoms in total. The third-order valence-corrected chi connectivity index (χ3v) is 5.15. The summed E-state index contributed by atoms with van der Waals surface area (Å²) in [4.78, 5) is 16.0. The molecule has 0 amide bonds. The van der Waals surface area contributed by atoms with Gasteiger partial charge in [-0.15, -0.1) is 11.3 Å². The van der Waals surface area contributed by atoms with Crippen molar-refractivity contribution in [3.8, 4) is 0 Å². The van der Waals surface area contributed by atoms with Crippen LogP contribution < -0.4 is 0 Å². The highest BCUT2D eigenvalue weighted by atomic mass is 32.2. The molecule has 0 aliphatic heterocycles. The summed E-state index contributed by atoms with van der Waals surface area (Å²) in [5.41, 5.74) is 3.40. The van der Waals surface area contributed by atoms with Crippen LogP contribution in [0.1, 0.15) is 21.7 Å². The maximum Gasteiger partial charge on any atom is 0.308 e. The van der Waals surface area contributed by atoms with Gasteiger partial charge in [0.2, 0.25) is 0 Å². The standard InChI is InChI=1S/C14H15NO2S2/c1-9-5-3-4-6-11(9)8-18-14-15-10(2)12(19-14)7-13(16)17/h3-6H,7-8H2,1-2H3,(H,16,17). The lowest BCUT2D eigenvalue weighted by Gasteiger charge is -2.02. The van der Waals surface area contributed by atoms with Crippen molar-refractivity contribution in [2.45, 2.75) is 30.4 Å². The van der Waals surface area contributed by atoms with Gasteiger partial charge < -0.3 is 5.11 Å². The smallest absolute Gasteiger partial charge is 0.308 e. The van der Waals surface area contributed by atoms with Crippen molar-refractivity contribution in [1.29, 1.82) is 0 Å². The molecule has 0 bridgehead atoms. The molecular weight excluding hydrogens is 278 g/mol. The Labute approximate surface area is 120 Å². The monoisotopic (exact) mass is 293 g/mol. The van der Waals surface area contributed by atoms with Gasteiger partial charge >= 0.3 is 5.97 Å². The van der Waals surface area contributed by atoms with Crippen LogP contribution in [0, 0.1) is 13.8 Å². The number of hydrogen-bond donors (Lipinski definition) is 1. The molecule has 100 valence electrons. The number of aryl methyl sites for hydroxylation is 2. The average molecular weight is 293 g/mol. The largest absolute Gasteiger partial charge is 0.481 e. The van der Waals surface area contributed by atoms with Crippen molar-refractivity contribution < 1.29 is 9.90 Å². The van der Waals surface area contributed by atoms with Crippen molar-refractivity contribution in [2.24, 2.45) is 0 Å². The molecule has 0 fully saturated rings. The molecule has 1 N–H and O–H groups in total. The molecule has 5 heteroatoms. The summed E-state index contributed by atoms with van der Waals surface area (Å²) in [5.74, 6) is 0.0637. The molecule has 19 heavy (non-hydrogen) atoms. The summed E-state index contributed by atoms with van der Waals surface area (Å²) < 4.78 is 0.942. The first-order valence-electron chi connectivity index (χ1n) is 5.91. The Kier molecular flexibility index (Phi) is 4.61. The number of benzene rings is 1. The summed E-state index contributed by atoms with van der Waals surface area (Å²) in [6, 6.07) is 8.27. The van der Waals surface area contributed by atoms with E-state index in [4.69, 9.17) is 5.11 Å². The van der Waals surface area contributed by atoms with Crippen LogP contribution in [0.25, 0.3) is 0 Å². The van der Waals surface area contributed by atoms with Gasteiger partial charge in [0.1, 0.15) is 0 Å². The van der Waals surface area contributed by atoms with Crippen molar-refractivity contribution in [3.63, 3.8) is 0 Å². The molecule has 0 aliphatic carbocycles. The van der Waals surface area contributed by atoms with Gasteiger partial charge in [-0.05, 0) is 25.0 Å². The molecule has 1 heterocycles. The number of rotatable bonds is 5.